The summed E-state index contributed by atoms with van der Waals surface area (Å²) in [5.74, 6) is -0.893. The average molecular weight is 288 g/mol. The van der Waals surface area contributed by atoms with Gasteiger partial charge in [0.25, 0.3) is 15.5 Å². The average Bonchev–Trinajstić information content (AvgIpc) is 2.25. The van der Waals surface area contributed by atoms with Crippen LogP contribution >= 0.6 is 10.7 Å². The van der Waals surface area contributed by atoms with Gasteiger partial charge in [-0.3, -0.25) is 0 Å². The molecule has 0 radical (unpaired) electrons. The topological polar surface area (TPSA) is 65.5 Å². The lowest BCUT2D eigenvalue weighted by Gasteiger charge is -2.13. The molecule has 1 aromatic rings. The van der Waals surface area contributed by atoms with Gasteiger partial charge in [-0.25, -0.2) is 22.2 Å². The molecule has 1 heterocycles. The van der Waals surface area contributed by atoms with Gasteiger partial charge in [0.2, 0.25) is 5.03 Å². The van der Waals surface area contributed by atoms with Crippen LogP contribution in [0.1, 0.15) is 12.0 Å². The molecule has 0 atom stereocenters. The third kappa shape index (κ3) is 2.75. The van der Waals surface area contributed by atoms with Crippen LogP contribution in [0.4, 0.5) is 8.78 Å². The number of alkyl halides is 2. The van der Waals surface area contributed by atoms with Crippen LogP contribution in [0, 0.1) is 0 Å². The lowest BCUT2D eigenvalue weighted by Crippen LogP contribution is -2.05. The Balaban J connectivity index is 3.64. The van der Waals surface area contributed by atoms with Crippen molar-refractivity contribution in [1.82, 2.24) is 4.98 Å². The van der Waals surface area contributed by atoms with E-state index in [2.05, 4.69) is 14.5 Å². The Morgan fingerprint density at radius 1 is 1.35 bits per heavy atom. The van der Waals surface area contributed by atoms with Crippen LogP contribution in [0.3, 0.4) is 0 Å². The van der Waals surface area contributed by atoms with Gasteiger partial charge in [0.15, 0.2) is 5.75 Å². The zero-order chi connectivity index (χ0) is 13.2. The molecule has 1 rings (SSSR count). The highest BCUT2D eigenvalue weighted by molar-refractivity contribution is 8.13. The number of halogens is 3. The van der Waals surface area contributed by atoms with E-state index >= 15 is 0 Å². The highest BCUT2D eigenvalue weighted by Gasteiger charge is 2.29. The first kappa shape index (κ1) is 13.9. The number of nitrogens with zero attached hydrogens (tertiary/aromatic N) is 1. The van der Waals surface area contributed by atoms with Gasteiger partial charge in [-0.05, 0) is 0 Å². The van der Waals surface area contributed by atoms with Gasteiger partial charge in [-0.1, -0.05) is 0 Å². The van der Waals surface area contributed by atoms with E-state index in [1.807, 2.05) is 0 Å². The predicted molar refractivity (Wildman–Crippen MR) is 55.3 cm³/mol. The van der Waals surface area contributed by atoms with Crippen molar-refractivity contribution in [2.75, 3.05) is 14.2 Å². The first-order valence-electron chi connectivity index (χ1n) is 4.16. The Morgan fingerprint density at radius 2 is 1.94 bits per heavy atom. The fraction of sp³-hybridized carbons (Fsp3) is 0.375. The SMILES string of the molecule is COc1cnc(S(=O)(=O)Cl)c(OC)c1C(F)F. The molecule has 96 valence electrons. The van der Waals surface area contributed by atoms with Crippen molar-refractivity contribution < 1.29 is 26.7 Å². The minimum absolute atomic E-state index is 0.277. The van der Waals surface area contributed by atoms with Crippen molar-refractivity contribution in [2.45, 2.75) is 11.5 Å². The third-order valence-electron chi connectivity index (χ3n) is 1.88. The zero-order valence-corrected chi connectivity index (χ0v) is 10.3. The number of methoxy groups -OCH3 is 2. The lowest BCUT2D eigenvalue weighted by molar-refractivity contribution is 0.141. The van der Waals surface area contributed by atoms with E-state index in [-0.39, 0.29) is 5.75 Å². The lowest BCUT2D eigenvalue weighted by atomic mass is 10.2. The van der Waals surface area contributed by atoms with Crippen LogP contribution in [0.25, 0.3) is 0 Å². The van der Waals surface area contributed by atoms with Gasteiger partial charge in [0, 0.05) is 10.7 Å². The fourth-order valence-corrected chi connectivity index (χ4v) is 2.14. The van der Waals surface area contributed by atoms with Crippen molar-refractivity contribution in [3.63, 3.8) is 0 Å². The maximum atomic E-state index is 12.8. The summed E-state index contributed by atoms with van der Waals surface area (Å²) in [7, 11) is 2.96. The number of hydrogen-bond donors (Lipinski definition) is 0. The number of hydrogen-bond acceptors (Lipinski definition) is 5. The van der Waals surface area contributed by atoms with Gasteiger partial charge in [-0.15, -0.1) is 0 Å². The smallest absolute Gasteiger partial charge is 0.282 e. The second-order valence-corrected chi connectivity index (χ2v) is 5.30. The molecule has 0 fully saturated rings. The molecule has 0 aromatic carbocycles. The van der Waals surface area contributed by atoms with Gasteiger partial charge < -0.3 is 9.47 Å². The Hall–Kier alpha value is -1.15. The Kier molecular flexibility index (Phi) is 4.10. The molecule has 0 aliphatic carbocycles. The molecule has 1 aromatic heterocycles. The van der Waals surface area contributed by atoms with Crippen molar-refractivity contribution in [3.05, 3.63) is 11.8 Å². The molecule has 0 bridgehead atoms. The van der Waals surface area contributed by atoms with Gasteiger partial charge in [0.05, 0.1) is 20.4 Å². The molecule has 5 nitrogen and oxygen atoms in total. The molecule has 0 saturated carbocycles. The molecule has 0 spiro atoms. The highest BCUT2D eigenvalue weighted by Crippen LogP contribution is 2.40. The van der Waals surface area contributed by atoms with Crippen molar-refractivity contribution in [2.24, 2.45) is 0 Å². The first-order valence-corrected chi connectivity index (χ1v) is 6.47. The van der Waals surface area contributed by atoms with Crippen LogP contribution in [-0.4, -0.2) is 27.6 Å². The van der Waals surface area contributed by atoms with Crippen LogP contribution < -0.4 is 9.47 Å². The van der Waals surface area contributed by atoms with Gasteiger partial charge in [0.1, 0.15) is 11.3 Å². The van der Waals surface area contributed by atoms with E-state index < -0.39 is 31.8 Å². The molecule has 17 heavy (non-hydrogen) atoms. The van der Waals surface area contributed by atoms with Crippen LogP contribution in [0.5, 0.6) is 11.5 Å². The normalized spacial score (nSPS) is 11.6. The van der Waals surface area contributed by atoms with Crippen LogP contribution in [0.15, 0.2) is 11.2 Å². The largest absolute Gasteiger partial charge is 0.494 e. The Labute approximate surface area is 101 Å². The standard InChI is InChI=1S/C8H8ClF2NO4S/c1-15-4-3-12-8(17(9,13)14)6(16-2)5(4)7(10)11/h3,7H,1-2H3. The third-order valence-corrected chi connectivity index (χ3v) is 3.07. The molecular weight excluding hydrogens is 280 g/mol. The second-order valence-electron chi connectivity index (χ2n) is 2.82. The zero-order valence-electron chi connectivity index (χ0n) is 8.78. The minimum Gasteiger partial charge on any atom is -0.494 e. The van der Waals surface area contributed by atoms with E-state index in [4.69, 9.17) is 10.7 Å². The van der Waals surface area contributed by atoms with E-state index in [1.54, 1.807) is 0 Å². The molecule has 0 aliphatic heterocycles. The molecule has 0 saturated heterocycles. The number of pyridine rings is 1. The quantitative estimate of drug-likeness (QED) is 0.792. The van der Waals surface area contributed by atoms with E-state index in [9.17, 15) is 17.2 Å². The first-order chi connectivity index (χ1) is 7.82. The summed E-state index contributed by atoms with van der Waals surface area (Å²) in [6, 6.07) is 0. The van der Waals surface area contributed by atoms with E-state index in [1.165, 1.54) is 0 Å². The Bertz CT molecular complexity index is 521. The number of rotatable bonds is 4. The molecule has 0 N–H and O–H groups in total. The van der Waals surface area contributed by atoms with E-state index in [0.717, 1.165) is 20.4 Å². The molecular formula is C8H8ClF2NO4S. The van der Waals surface area contributed by atoms with Crippen molar-refractivity contribution in [3.8, 4) is 11.5 Å². The summed E-state index contributed by atoms with van der Waals surface area (Å²) in [5, 5.41) is -0.766. The molecule has 0 amide bonds. The minimum atomic E-state index is -4.28. The van der Waals surface area contributed by atoms with E-state index in [0.29, 0.717) is 0 Å². The highest BCUT2D eigenvalue weighted by atomic mass is 35.7. The second kappa shape index (κ2) is 5.01. The Morgan fingerprint density at radius 3 is 2.29 bits per heavy atom. The van der Waals surface area contributed by atoms with Crippen molar-refractivity contribution in [1.29, 1.82) is 0 Å². The number of aromatic nitrogens is 1. The molecule has 0 aliphatic rings. The van der Waals surface area contributed by atoms with Crippen LogP contribution in [-0.2, 0) is 9.05 Å². The maximum absolute atomic E-state index is 12.8. The maximum Gasteiger partial charge on any atom is 0.282 e. The summed E-state index contributed by atoms with van der Waals surface area (Å²) in [6.45, 7) is 0. The predicted octanol–water partition coefficient (Wildman–Crippen LogP) is 1.96. The summed E-state index contributed by atoms with van der Waals surface area (Å²) in [4.78, 5) is 3.43. The molecule has 0 unspecified atom stereocenters. The molecule has 9 heteroatoms. The fourth-order valence-electron chi connectivity index (χ4n) is 1.21. The summed E-state index contributed by atoms with van der Waals surface area (Å²) in [5.41, 5.74) is -0.704. The summed E-state index contributed by atoms with van der Waals surface area (Å²) < 4.78 is 57.1. The number of ether oxygens (including phenoxy) is 2. The van der Waals surface area contributed by atoms with Crippen molar-refractivity contribution >= 4 is 19.7 Å². The van der Waals surface area contributed by atoms with Gasteiger partial charge in [-0.2, -0.15) is 0 Å². The van der Waals surface area contributed by atoms with Crippen LogP contribution in [0.2, 0.25) is 0 Å². The monoisotopic (exact) mass is 287 g/mol. The summed E-state index contributed by atoms with van der Waals surface area (Å²) >= 11 is 0. The summed E-state index contributed by atoms with van der Waals surface area (Å²) in [6.07, 6.45) is -2.14. The van der Waals surface area contributed by atoms with Gasteiger partial charge >= 0.3 is 0 Å².